The van der Waals surface area contributed by atoms with Crippen LogP contribution in [0.2, 0.25) is 0 Å². The number of alkyl halides is 1. The fourth-order valence-electron chi connectivity index (χ4n) is 6.48. The molecule has 0 amide bonds. The Kier molecular flexibility index (Phi) is 8.05. The molecule has 1 aliphatic carbocycles. The van der Waals surface area contributed by atoms with Gasteiger partial charge in [-0.2, -0.15) is 10.2 Å². The third-order valence-corrected chi connectivity index (χ3v) is 7.93. The van der Waals surface area contributed by atoms with E-state index < -0.39 is 5.67 Å². The van der Waals surface area contributed by atoms with E-state index in [1.807, 2.05) is 0 Å². The van der Waals surface area contributed by atoms with Crippen molar-refractivity contribution in [2.75, 3.05) is 52.4 Å². The number of hydrogen-bond acceptors (Lipinski definition) is 5. The Hall–Kier alpha value is -0.850. The fraction of sp³-hybridized carbons (Fsp3) is 0.923. The monoisotopic (exact) mass is 446 g/mol. The molecule has 5 rings (SSSR count). The summed E-state index contributed by atoms with van der Waals surface area (Å²) in [5.41, 5.74) is 1.48. The second-order valence-corrected chi connectivity index (χ2v) is 11.8. The molecule has 32 heavy (non-hydrogen) atoms. The summed E-state index contributed by atoms with van der Waals surface area (Å²) >= 11 is 0. The molecular weight excluding hydrogens is 400 g/mol. The van der Waals surface area contributed by atoms with Gasteiger partial charge in [0, 0.05) is 88.1 Å². The highest BCUT2D eigenvalue weighted by molar-refractivity contribution is 5.97. The standard InChI is InChI=1S/C22H36FN5.C4H10/c1-17-19-6-4-2-3-5-7-20(19)21(25-24-17)12-18-13-27-9-8-26-10-11-28(18)16-22(23,14-26)15-27;1-4(2)3/h18-20H,2-16H2,1H3;4H,1-3H3/t18?,19?,20?,22-;/m1./s1/i23-1;. The van der Waals surface area contributed by atoms with Crippen molar-refractivity contribution >= 4 is 11.4 Å². The first-order chi connectivity index (χ1) is 15.3. The molecule has 4 heterocycles. The van der Waals surface area contributed by atoms with E-state index in [9.17, 15) is 0 Å². The molecule has 0 spiro atoms. The Bertz CT molecular complexity index is 689. The molecule has 6 heteroatoms. The second-order valence-electron chi connectivity index (χ2n) is 11.8. The van der Waals surface area contributed by atoms with Gasteiger partial charge in [-0.15, -0.1) is 0 Å². The van der Waals surface area contributed by atoms with E-state index in [1.54, 1.807) is 0 Å². The van der Waals surface area contributed by atoms with Crippen LogP contribution in [0, 0.1) is 17.8 Å². The quantitative estimate of drug-likeness (QED) is 0.627. The van der Waals surface area contributed by atoms with E-state index in [0.717, 1.165) is 45.1 Å². The van der Waals surface area contributed by atoms with E-state index >= 15 is 4.39 Å². The minimum absolute atomic E-state index is 0.383. The maximum Gasteiger partial charge on any atom is 0.148 e. The van der Waals surface area contributed by atoms with Gasteiger partial charge in [0.1, 0.15) is 5.67 Å². The average Bonchev–Trinajstić information content (AvgIpc) is 3.00. The molecule has 4 aliphatic heterocycles. The molecule has 182 valence electrons. The van der Waals surface area contributed by atoms with Crippen LogP contribution in [0.25, 0.3) is 0 Å². The Morgan fingerprint density at radius 3 is 2.25 bits per heavy atom. The van der Waals surface area contributed by atoms with E-state index in [2.05, 4.69) is 47.5 Å². The first-order valence-corrected chi connectivity index (χ1v) is 13.3. The van der Waals surface area contributed by atoms with Gasteiger partial charge in [0.25, 0.3) is 0 Å². The van der Waals surface area contributed by atoms with Gasteiger partial charge in [0.15, 0.2) is 0 Å². The minimum Gasteiger partial charge on any atom is -0.298 e. The summed E-state index contributed by atoms with van der Waals surface area (Å²) < 4.78 is 15.7. The summed E-state index contributed by atoms with van der Waals surface area (Å²) in [5, 5.41) is 9.36. The number of rotatable bonds is 2. The van der Waals surface area contributed by atoms with Crippen LogP contribution >= 0.6 is 0 Å². The van der Waals surface area contributed by atoms with Crippen molar-refractivity contribution in [3.8, 4) is 0 Å². The second kappa shape index (κ2) is 10.6. The molecule has 0 aromatic rings. The zero-order valence-corrected chi connectivity index (χ0v) is 21.0. The predicted molar refractivity (Wildman–Crippen MR) is 132 cm³/mol. The van der Waals surface area contributed by atoms with Crippen LogP contribution in [0.15, 0.2) is 10.2 Å². The summed E-state index contributed by atoms with van der Waals surface area (Å²) in [6, 6.07) is 0.383. The van der Waals surface area contributed by atoms with Crippen molar-refractivity contribution < 1.29 is 4.39 Å². The molecule has 0 radical (unpaired) electrons. The molecule has 0 aromatic heterocycles. The topological polar surface area (TPSA) is 34.4 Å². The van der Waals surface area contributed by atoms with Crippen molar-refractivity contribution in [3.05, 3.63) is 0 Å². The van der Waals surface area contributed by atoms with Crippen LogP contribution in [0.1, 0.15) is 72.6 Å². The van der Waals surface area contributed by atoms with Crippen molar-refractivity contribution in [2.24, 2.45) is 28.0 Å². The predicted octanol–water partition coefficient (Wildman–Crippen LogP) is 4.48. The van der Waals surface area contributed by atoms with Gasteiger partial charge in [0.05, 0.1) is 0 Å². The van der Waals surface area contributed by atoms with Crippen molar-refractivity contribution in [1.29, 1.82) is 0 Å². The van der Waals surface area contributed by atoms with E-state index in [1.165, 1.54) is 49.9 Å². The van der Waals surface area contributed by atoms with Crippen molar-refractivity contribution in [2.45, 2.75) is 84.4 Å². The van der Waals surface area contributed by atoms with Gasteiger partial charge in [-0.25, -0.2) is 4.39 Å². The normalized spacial score (nSPS) is 41.7. The van der Waals surface area contributed by atoms with Crippen molar-refractivity contribution in [3.63, 3.8) is 0 Å². The highest BCUT2D eigenvalue weighted by Gasteiger charge is 2.46. The minimum atomic E-state index is -1.08. The van der Waals surface area contributed by atoms with Crippen LogP contribution in [0.4, 0.5) is 4.39 Å². The molecule has 5 nitrogen and oxygen atoms in total. The maximum absolute atomic E-state index is 15.7. The van der Waals surface area contributed by atoms with Crippen molar-refractivity contribution in [1.82, 2.24) is 14.7 Å². The lowest BCUT2D eigenvalue weighted by atomic mass is 9.75. The van der Waals surface area contributed by atoms with Crippen LogP contribution < -0.4 is 0 Å². The molecular formula is C26H46FN5. The van der Waals surface area contributed by atoms with Gasteiger partial charge in [-0.05, 0) is 25.7 Å². The fourth-order valence-corrected chi connectivity index (χ4v) is 6.48. The number of hydrogen-bond donors (Lipinski definition) is 0. The Morgan fingerprint density at radius 1 is 0.875 bits per heavy atom. The summed E-state index contributed by atoms with van der Waals surface area (Å²) in [4.78, 5) is 7.19. The van der Waals surface area contributed by atoms with E-state index in [0.29, 0.717) is 37.5 Å². The average molecular weight is 447 g/mol. The maximum atomic E-state index is 15.7. The molecule has 3 saturated heterocycles. The van der Waals surface area contributed by atoms with Gasteiger partial charge in [-0.1, -0.05) is 46.5 Å². The summed E-state index contributed by atoms with van der Waals surface area (Å²) in [6.45, 7) is 15.5. The third-order valence-electron chi connectivity index (χ3n) is 7.93. The summed E-state index contributed by atoms with van der Waals surface area (Å²) in [7, 11) is 0. The third kappa shape index (κ3) is 5.98. The molecule has 0 aromatic carbocycles. The van der Waals surface area contributed by atoms with Gasteiger partial charge in [-0.3, -0.25) is 14.7 Å². The lowest BCUT2D eigenvalue weighted by Crippen LogP contribution is -2.47. The Balaban J connectivity index is 0.000000567. The molecule has 7 atom stereocenters. The van der Waals surface area contributed by atoms with Gasteiger partial charge < -0.3 is 0 Å². The van der Waals surface area contributed by atoms with Gasteiger partial charge >= 0.3 is 0 Å². The number of halogens is 1. The smallest absolute Gasteiger partial charge is 0.148 e. The van der Waals surface area contributed by atoms with Gasteiger partial charge in [0.2, 0.25) is 0 Å². The number of nitrogens with zero attached hydrogens (tertiary/aromatic N) is 5. The molecule has 6 unspecified atom stereocenters. The first kappa shape index (κ1) is 24.3. The highest BCUT2D eigenvalue weighted by atomic mass is 18.2. The first-order valence-electron chi connectivity index (χ1n) is 13.3. The molecule has 4 fully saturated rings. The van der Waals surface area contributed by atoms with Crippen LogP contribution in [-0.4, -0.2) is 90.2 Å². The van der Waals surface area contributed by atoms with Crippen LogP contribution in [-0.2, 0) is 0 Å². The SMILES string of the molecule is CC(C)C.CC1=NN=C(CC2CN3CCN4CCN2C[C@@]([18F])(C4)C3)C2CCCCCCC12. The lowest BCUT2D eigenvalue weighted by molar-refractivity contribution is 0.0928. The van der Waals surface area contributed by atoms with E-state index in [-0.39, 0.29) is 0 Å². The molecule has 0 N–H and O–H groups in total. The summed E-state index contributed by atoms with van der Waals surface area (Å²) in [5.74, 6) is 1.99. The van der Waals surface area contributed by atoms with Crippen LogP contribution in [0.5, 0.6) is 0 Å². The summed E-state index contributed by atoms with van der Waals surface area (Å²) in [6.07, 6.45) is 8.86. The molecule has 4 bridgehead atoms. The van der Waals surface area contributed by atoms with E-state index in [4.69, 9.17) is 5.10 Å². The number of fused-ring (bicyclic) bond motifs is 4. The van der Waals surface area contributed by atoms with Crippen LogP contribution in [0.3, 0.4) is 0 Å². The molecule has 5 aliphatic rings. The lowest BCUT2D eigenvalue weighted by Gasteiger charge is -2.36. The Labute approximate surface area is 195 Å². The molecule has 1 saturated carbocycles. The Morgan fingerprint density at radius 2 is 1.50 bits per heavy atom. The zero-order chi connectivity index (χ0) is 22.7. The highest BCUT2D eigenvalue weighted by Crippen LogP contribution is 2.35. The largest absolute Gasteiger partial charge is 0.298 e. The zero-order valence-electron chi connectivity index (χ0n) is 21.0.